The van der Waals surface area contributed by atoms with Crippen molar-refractivity contribution in [1.29, 1.82) is 0 Å². The summed E-state index contributed by atoms with van der Waals surface area (Å²) in [5, 5.41) is 12.6. The number of nitrogens with one attached hydrogen (secondary N) is 1. The Hall–Kier alpha value is -2.99. The van der Waals surface area contributed by atoms with Crippen molar-refractivity contribution in [1.82, 2.24) is 4.98 Å². The number of ether oxygens (including phenoxy) is 1. The summed E-state index contributed by atoms with van der Waals surface area (Å²) < 4.78 is 73.7. The third-order valence-corrected chi connectivity index (χ3v) is 10.3. The highest BCUT2D eigenvalue weighted by Crippen LogP contribution is 2.55. The van der Waals surface area contributed by atoms with Crippen molar-refractivity contribution in [2.45, 2.75) is 41.6 Å². The van der Waals surface area contributed by atoms with Gasteiger partial charge in [-0.2, -0.15) is 0 Å². The van der Waals surface area contributed by atoms with Gasteiger partial charge < -0.3 is 15.2 Å². The van der Waals surface area contributed by atoms with Crippen LogP contribution in [0, 0.1) is 29.3 Å². The SMILES string of the molecule is O=C(Nc1cc(F)c(F)c(F)c1)c1ccc(Cl)c(S(=O)(=O)[C@@H]2C3CCC2[C@@](O)(COCc2ccccn2)C3)c1. The number of carbonyl (C=O) groups excluding carboxylic acids is 1. The molecule has 0 radical (unpaired) electrons. The highest BCUT2D eigenvalue weighted by atomic mass is 35.5. The smallest absolute Gasteiger partial charge is 0.255 e. The number of hydrogen-bond acceptors (Lipinski definition) is 6. The van der Waals surface area contributed by atoms with E-state index in [4.69, 9.17) is 16.3 Å². The molecule has 2 aliphatic carbocycles. The van der Waals surface area contributed by atoms with Crippen molar-refractivity contribution in [3.63, 3.8) is 0 Å². The van der Waals surface area contributed by atoms with Gasteiger partial charge in [-0.25, -0.2) is 21.6 Å². The number of rotatable bonds is 8. The average molecular weight is 581 g/mol. The van der Waals surface area contributed by atoms with Gasteiger partial charge in [0, 0.05) is 35.5 Å². The van der Waals surface area contributed by atoms with Crippen LogP contribution in [0.5, 0.6) is 0 Å². The Balaban J connectivity index is 1.35. The number of aromatic nitrogens is 1. The van der Waals surface area contributed by atoms with Crippen LogP contribution in [0.4, 0.5) is 18.9 Å². The molecule has 1 amide bonds. The van der Waals surface area contributed by atoms with Gasteiger partial charge in [-0.15, -0.1) is 0 Å². The lowest BCUT2D eigenvalue weighted by Gasteiger charge is -2.32. The number of carbonyl (C=O) groups is 1. The molecule has 2 aromatic carbocycles. The summed E-state index contributed by atoms with van der Waals surface area (Å²) >= 11 is 6.28. The predicted molar refractivity (Wildman–Crippen MR) is 136 cm³/mol. The van der Waals surface area contributed by atoms with E-state index in [2.05, 4.69) is 10.3 Å². The number of nitrogens with zero attached hydrogens (tertiary/aromatic N) is 1. The molecule has 1 aromatic heterocycles. The van der Waals surface area contributed by atoms with Gasteiger partial charge in [0.25, 0.3) is 5.91 Å². The first-order valence-corrected chi connectivity index (χ1v) is 14.1. The fourth-order valence-electron chi connectivity index (χ4n) is 5.74. The largest absolute Gasteiger partial charge is 0.387 e. The molecule has 2 N–H and O–H groups in total. The summed E-state index contributed by atoms with van der Waals surface area (Å²) in [6.07, 6.45) is 2.96. The second-order valence-electron chi connectivity index (χ2n) is 9.93. The third kappa shape index (κ3) is 5.28. The van der Waals surface area contributed by atoms with Crippen LogP contribution in [0.3, 0.4) is 0 Å². The number of halogens is 4. The normalized spacial score (nSPS) is 24.2. The standard InChI is InChI=1S/C27H24ClF3N2O5S/c28-20-7-5-15(26(34)33-18-10-21(29)24(31)22(30)11-18)9-23(20)39(36,37)25-16-4-6-19(25)27(35,12-16)14-38-13-17-3-1-2-8-32-17/h1-3,5,7-11,16,19,25,35H,4,6,12-14H2,(H,33,34)/t16?,19?,25-,27+/m1/s1. The maximum absolute atomic E-state index is 13.8. The first kappa shape index (κ1) is 27.6. The molecule has 2 saturated carbocycles. The summed E-state index contributed by atoms with van der Waals surface area (Å²) in [6, 6.07) is 10.2. The van der Waals surface area contributed by atoms with Crippen molar-refractivity contribution in [3.8, 4) is 0 Å². The van der Waals surface area contributed by atoms with Crippen LogP contribution < -0.4 is 5.32 Å². The van der Waals surface area contributed by atoms with E-state index < -0.39 is 50.0 Å². The minimum atomic E-state index is -4.11. The molecule has 7 nitrogen and oxygen atoms in total. The van der Waals surface area contributed by atoms with E-state index >= 15 is 0 Å². The first-order chi connectivity index (χ1) is 18.5. The molecule has 206 valence electrons. The zero-order valence-electron chi connectivity index (χ0n) is 20.4. The fraction of sp³-hybridized carbons (Fsp3) is 0.333. The van der Waals surface area contributed by atoms with Gasteiger partial charge in [-0.3, -0.25) is 9.78 Å². The highest BCUT2D eigenvalue weighted by molar-refractivity contribution is 7.92. The van der Waals surface area contributed by atoms with Crippen molar-refractivity contribution in [3.05, 3.63) is 88.5 Å². The molecule has 4 atom stereocenters. The van der Waals surface area contributed by atoms with Crippen molar-refractivity contribution < 1.29 is 36.2 Å². The van der Waals surface area contributed by atoms with Gasteiger partial charge in [0.2, 0.25) is 0 Å². The van der Waals surface area contributed by atoms with E-state index in [1.54, 1.807) is 18.3 Å². The van der Waals surface area contributed by atoms with E-state index in [1.807, 2.05) is 6.07 Å². The van der Waals surface area contributed by atoms with Gasteiger partial charge in [-0.05, 0) is 55.5 Å². The van der Waals surface area contributed by atoms with E-state index in [9.17, 15) is 31.5 Å². The summed E-state index contributed by atoms with van der Waals surface area (Å²) in [7, 11) is -4.11. The van der Waals surface area contributed by atoms with Gasteiger partial charge in [0.15, 0.2) is 27.3 Å². The number of aliphatic hydroxyl groups is 1. The molecule has 1 heterocycles. The number of anilines is 1. The molecule has 3 aromatic rings. The predicted octanol–water partition coefficient (Wildman–Crippen LogP) is 4.92. The summed E-state index contributed by atoms with van der Waals surface area (Å²) in [4.78, 5) is 16.7. The number of pyridine rings is 1. The number of benzene rings is 2. The van der Waals surface area contributed by atoms with Crippen LogP contribution in [0.1, 0.15) is 35.3 Å². The molecular weight excluding hydrogens is 557 g/mol. The van der Waals surface area contributed by atoms with Crippen LogP contribution in [-0.4, -0.2) is 41.9 Å². The van der Waals surface area contributed by atoms with E-state index in [1.165, 1.54) is 12.1 Å². The van der Waals surface area contributed by atoms with Gasteiger partial charge in [0.1, 0.15) is 0 Å². The molecule has 0 saturated heterocycles. The quantitative estimate of drug-likeness (QED) is 0.366. The Morgan fingerprint density at radius 1 is 1.13 bits per heavy atom. The number of hydrogen-bond donors (Lipinski definition) is 2. The Morgan fingerprint density at radius 2 is 1.87 bits per heavy atom. The molecule has 0 spiro atoms. The maximum atomic E-state index is 13.8. The van der Waals surface area contributed by atoms with Gasteiger partial charge >= 0.3 is 0 Å². The summed E-state index contributed by atoms with van der Waals surface area (Å²) in [5.41, 5.74) is -1.16. The fourth-order valence-corrected chi connectivity index (χ4v) is 8.67. The minimum absolute atomic E-state index is 0.0578. The Morgan fingerprint density at radius 3 is 2.56 bits per heavy atom. The molecule has 2 bridgehead atoms. The molecule has 2 fully saturated rings. The molecule has 0 aliphatic heterocycles. The van der Waals surface area contributed by atoms with Crippen LogP contribution in [0.25, 0.3) is 0 Å². The topological polar surface area (TPSA) is 106 Å². The molecular formula is C27H24ClF3N2O5S. The van der Waals surface area contributed by atoms with Crippen molar-refractivity contribution in [2.75, 3.05) is 11.9 Å². The third-order valence-electron chi connectivity index (χ3n) is 7.44. The second kappa shape index (κ2) is 10.5. The van der Waals surface area contributed by atoms with Gasteiger partial charge in [0.05, 0.1) is 39.7 Å². The van der Waals surface area contributed by atoms with Crippen molar-refractivity contribution in [2.24, 2.45) is 11.8 Å². The maximum Gasteiger partial charge on any atom is 0.255 e. The minimum Gasteiger partial charge on any atom is -0.387 e. The Bertz CT molecular complexity index is 1500. The number of sulfone groups is 1. The zero-order chi connectivity index (χ0) is 27.9. The highest BCUT2D eigenvalue weighted by Gasteiger charge is 2.61. The van der Waals surface area contributed by atoms with Crippen LogP contribution in [0.2, 0.25) is 5.02 Å². The van der Waals surface area contributed by atoms with Crippen molar-refractivity contribution >= 4 is 33.0 Å². The van der Waals surface area contributed by atoms with Crippen LogP contribution in [0.15, 0.2) is 59.6 Å². The van der Waals surface area contributed by atoms with Crippen LogP contribution in [-0.2, 0) is 21.2 Å². The molecule has 2 unspecified atom stereocenters. The number of fused-ring (bicyclic) bond motifs is 2. The monoisotopic (exact) mass is 580 g/mol. The van der Waals surface area contributed by atoms with Gasteiger partial charge in [-0.1, -0.05) is 17.7 Å². The lowest BCUT2D eigenvalue weighted by Crippen LogP contribution is -2.42. The molecule has 12 heteroatoms. The second-order valence-corrected chi connectivity index (χ2v) is 12.4. The molecule has 39 heavy (non-hydrogen) atoms. The van der Waals surface area contributed by atoms with E-state index in [-0.39, 0.29) is 46.7 Å². The Labute approximate surface area is 227 Å². The summed E-state index contributed by atoms with van der Waals surface area (Å²) in [6.45, 7) is 0.112. The molecule has 5 rings (SSSR count). The first-order valence-electron chi connectivity index (χ1n) is 12.2. The Kier molecular flexibility index (Phi) is 7.45. The molecule has 2 aliphatic rings. The van der Waals surface area contributed by atoms with Crippen LogP contribution >= 0.6 is 11.6 Å². The average Bonchev–Trinajstić information content (AvgIpc) is 3.44. The zero-order valence-corrected chi connectivity index (χ0v) is 22.0. The number of amides is 1. The lowest BCUT2D eigenvalue weighted by atomic mass is 9.85. The lowest BCUT2D eigenvalue weighted by molar-refractivity contribution is -0.0851. The summed E-state index contributed by atoms with van der Waals surface area (Å²) in [5.74, 6) is -6.46. The van der Waals surface area contributed by atoms with E-state index in [0.29, 0.717) is 30.7 Å². The van der Waals surface area contributed by atoms with E-state index in [0.717, 1.165) is 6.07 Å².